The first kappa shape index (κ1) is 21.8. The molecule has 2 heterocycles. The molecule has 2 unspecified atom stereocenters. The van der Waals surface area contributed by atoms with Crippen molar-refractivity contribution in [3.63, 3.8) is 0 Å². The zero-order valence-corrected chi connectivity index (χ0v) is 16.3. The number of rotatable bonds is 6. The van der Waals surface area contributed by atoms with Gasteiger partial charge in [0, 0.05) is 44.9 Å². The molecule has 0 spiro atoms. The number of hydrogen-bond acceptors (Lipinski definition) is 5. The molecule has 2 fully saturated rings. The van der Waals surface area contributed by atoms with Gasteiger partial charge in [-0.3, -0.25) is 19.0 Å². The van der Waals surface area contributed by atoms with E-state index >= 15 is 0 Å². The number of nitrogens with zero attached hydrogens (tertiary/aromatic N) is 2. The van der Waals surface area contributed by atoms with Crippen molar-refractivity contribution >= 4 is 22.9 Å². The van der Waals surface area contributed by atoms with Crippen LogP contribution in [0.1, 0.15) is 16.8 Å². The van der Waals surface area contributed by atoms with Crippen molar-refractivity contribution in [2.45, 2.75) is 12.8 Å². The van der Waals surface area contributed by atoms with Gasteiger partial charge in [-0.15, -0.1) is 13.2 Å². The van der Waals surface area contributed by atoms with Crippen LogP contribution in [-0.2, 0) is 16.0 Å². The maximum absolute atomic E-state index is 12.7. The molecule has 1 amide bonds. The number of benzene rings is 1. The molecule has 12 heteroatoms. The van der Waals surface area contributed by atoms with Crippen LogP contribution in [0.3, 0.4) is 0 Å². The van der Waals surface area contributed by atoms with Crippen LogP contribution >= 0.6 is 0 Å². The smallest absolute Gasteiger partial charge is 0.404 e. The molecule has 0 radical (unpaired) electrons. The largest absolute Gasteiger partial charge is 0.573 e. The second-order valence-electron chi connectivity index (χ2n) is 6.93. The van der Waals surface area contributed by atoms with E-state index in [1.807, 2.05) is 4.72 Å². The second kappa shape index (κ2) is 9.28. The molecule has 3 rings (SSSR count). The average Bonchev–Trinajstić information content (AvgIpc) is 3.15. The number of piperazine rings is 1. The molecule has 0 aliphatic carbocycles. The van der Waals surface area contributed by atoms with Crippen LogP contribution in [0, 0.1) is 5.92 Å². The van der Waals surface area contributed by atoms with Crippen molar-refractivity contribution in [3.8, 4) is 5.75 Å². The summed E-state index contributed by atoms with van der Waals surface area (Å²) in [5.41, 5.74) is -0.334. The molecule has 0 saturated carbocycles. The summed E-state index contributed by atoms with van der Waals surface area (Å²) in [6.45, 7) is 4.71. The third-order valence-electron chi connectivity index (χ3n) is 4.85. The average molecular weight is 437 g/mol. The van der Waals surface area contributed by atoms with Crippen LogP contribution in [0.15, 0.2) is 18.2 Å². The molecule has 2 aliphatic rings. The van der Waals surface area contributed by atoms with Gasteiger partial charge in [0.1, 0.15) is 0 Å². The first-order chi connectivity index (χ1) is 13.7. The molecule has 29 heavy (non-hydrogen) atoms. The Kier molecular flexibility index (Phi) is 6.98. The lowest BCUT2D eigenvalue weighted by Gasteiger charge is -2.35. The minimum absolute atomic E-state index is 0.0103. The molecule has 1 aromatic rings. The number of hydrogen-bond donors (Lipinski definition) is 2. The monoisotopic (exact) mass is 437 g/mol. The van der Waals surface area contributed by atoms with Crippen molar-refractivity contribution < 1.29 is 36.2 Å². The quantitative estimate of drug-likeness (QED) is 0.661. The SMILES string of the molecule is O=C(c1ccc(NS(=O)O)c(OC(F)(F)F)c1)N1CCN(CC2CCOC2)CC1. The van der Waals surface area contributed by atoms with E-state index in [2.05, 4.69) is 9.64 Å². The summed E-state index contributed by atoms with van der Waals surface area (Å²) in [6.07, 6.45) is -3.98. The van der Waals surface area contributed by atoms with E-state index in [0.29, 0.717) is 32.1 Å². The van der Waals surface area contributed by atoms with Crippen molar-refractivity contribution in [1.29, 1.82) is 0 Å². The lowest BCUT2D eigenvalue weighted by molar-refractivity contribution is -0.274. The van der Waals surface area contributed by atoms with Crippen LogP contribution < -0.4 is 9.46 Å². The molecular weight excluding hydrogens is 415 g/mol. The van der Waals surface area contributed by atoms with E-state index in [-0.39, 0.29) is 11.3 Å². The van der Waals surface area contributed by atoms with Gasteiger partial charge in [0.05, 0.1) is 12.3 Å². The van der Waals surface area contributed by atoms with E-state index in [9.17, 15) is 22.2 Å². The molecule has 162 valence electrons. The van der Waals surface area contributed by atoms with E-state index in [4.69, 9.17) is 9.29 Å². The predicted molar refractivity (Wildman–Crippen MR) is 98.8 cm³/mol. The lowest BCUT2D eigenvalue weighted by atomic mass is 10.1. The Morgan fingerprint density at radius 2 is 2.03 bits per heavy atom. The number of ether oxygens (including phenoxy) is 2. The molecule has 2 saturated heterocycles. The summed E-state index contributed by atoms with van der Waals surface area (Å²) < 4.78 is 69.0. The fraction of sp³-hybridized carbons (Fsp3) is 0.588. The minimum atomic E-state index is -5.01. The van der Waals surface area contributed by atoms with Gasteiger partial charge in [0.25, 0.3) is 17.2 Å². The van der Waals surface area contributed by atoms with Crippen molar-refractivity contribution in [2.75, 3.05) is 50.7 Å². The molecule has 2 N–H and O–H groups in total. The zero-order valence-electron chi connectivity index (χ0n) is 15.5. The summed E-state index contributed by atoms with van der Waals surface area (Å²) in [5.74, 6) is -0.667. The van der Waals surface area contributed by atoms with Gasteiger partial charge in [-0.1, -0.05) is 0 Å². The Morgan fingerprint density at radius 3 is 2.62 bits per heavy atom. The highest BCUT2D eigenvalue weighted by Gasteiger charge is 2.33. The molecular formula is C17H22F3N3O5S. The Hall–Kier alpha value is -1.89. The molecule has 2 atom stereocenters. The van der Waals surface area contributed by atoms with Crippen LogP contribution in [0.25, 0.3) is 0 Å². The third-order valence-corrected chi connectivity index (χ3v) is 5.25. The third kappa shape index (κ3) is 6.29. The summed E-state index contributed by atoms with van der Waals surface area (Å²) >= 11 is -2.59. The van der Waals surface area contributed by atoms with Gasteiger partial charge in [0.15, 0.2) is 5.75 Å². The summed E-state index contributed by atoms with van der Waals surface area (Å²) in [5, 5.41) is 0. The standard InChI is InChI=1S/C17H22F3N3O5S/c18-17(19,20)28-15-9-13(1-2-14(15)21-29(25)26)16(24)23-6-4-22(5-7-23)10-12-3-8-27-11-12/h1-2,9,12,21H,3-8,10-11H2,(H,25,26). The van der Waals surface area contributed by atoms with Crippen LogP contribution in [0.4, 0.5) is 18.9 Å². The Labute approximate surface area is 168 Å². The Bertz CT molecular complexity index is 750. The fourth-order valence-corrected chi connectivity index (χ4v) is 3.81. The molecule has 0 aromatic heterocycles. The van der Waals surface area contributed by atoms with E-state index in [1.165, 1.54) is 6.07 Å². The van der Waals surface area contributed by atoms with Gasteiger partial charge < -0.3 is 14.4 Å². The normalized spacial score (nSPS) is 21.8. The zero-order chi connectivity index (χ0) is 21.0. The van der Waals surface area contributed by atoms with Gasteiger partial charge in [0.2, 0.25) is 0 Å². The number of carbonyl (C=O) groups is 1. The highest BCUT2D eigenvalue weighted by atomic mass is 32.2. The van der Waals surface area contributed by atoms with Gasteiger partial charge in [-0.05, 0) is 30.5 Å². The maximum Gasteiger partial charge on any atom is 0.573 e. The predicted octanol–water partition coefficient (Wildman–Crippen LogP) is 1.93. The van der Waals surface area contributed by atoms with Crippen LogP contribution in [0.2, 0.25) is 0 Å². The van der Waals surface area contributed by atoms with Crippen molar-refractivity contribution in [1.82, 2.24) is 9.80 Å². The summed E-state index contributed by atoms with van der Waals surface area (Å²) in [7, 11) is 0. The molecule has 1 aromatic carbocycles. The van der Waals surface area contributed by atoms with Gasteiger partial charge in [-0.25, -0.2) is 4.21 Å². The number of amides is 1. The number of alkyl halides is 3. The number of halogens is 3. The van der Waals surface area contributed by atoms with Crippen molar-refractivity contribution in [3.05, 3.63) is 23.8 Å². The highest BCUT2D eigenvalue weighted by Crippen LogP contribution is 2.32. The van der Waals surface area contributed by atoms with E-state index < -0.39 is 29.3 Å². The fourth-order valence-electron chi connectivity index (χ4n) is 3.45. The topological polar surface area (TPSA) is 91.3 Å². The van der Waals surface area contributed by atoms with Gasteiger partial charge >= 0.3 is 6.36 Å². The molecule has 0 bridgehead atoms. The Balaban J connectivity index is 1.65. The Morgan fingerprint density at radius 1 is 1.31 bits per heavy atom. The summed E-state index contributed by atoms with van der Waals surface area (Å²) in [6, 6.07) is 3.33. The number of nitrogens with one attached hydrogen (secondary N) is 1. The van der Waals surface area contributed by atoms with Crippen LogP contribution in [-0.4, -0.2) is 76.8 Å². The minimum Gasteiger partial charge on any atom is -0.404 e. The number of carbonyl (C=O) groups excluding carboxylic acids is 1. The lowest BCUT2D eigenvalue weighted by Crippen LogP contribution is -2.49. The first-order valence-corrected chi connectivity index (χ1v) is 10.2. The van der Waals surface area contributed by atoms with E-state index in [1.54, 1.807) is 4.90 Å². The molecule has 2 aliphatic heterocycles. The highest BCUT2D eigenvalue weighted by molar-refractivity contribution is 7.80. The second-order valence-corrected chi connectivity index (χ2v) is 7.63. The van der Waals surface area contributed by atoms with Crippen LogP contribution in [0.5, 0.6) is 5.75 Å². The first-order valence-electron chi connectivity index (χ1n) is 9.08. The number of anilines is 1. The van der Waals surface area contributed by atoms with Gasteiger partial charge in [-0.2, -0.15) is 0 Å². The maximum atomic E-state index is 12.7. The van der Waals surface area contributed by atoms with Crippen molar-refractivity contribution in [2.24, 2.45) is 5.92 Å². The van der Waals surface area contributed by atoms with E-state index in [0.717, 1.165) is 38.3 Å². The summed E-state index contributed by atoms with van der Waals surface area (Å²) in [4.78, 5) is 16.6. The molecule has 8 nitrogen and oxygen atoms in total.